The van der Waals surface area contributed by atoms with Crippen molar-refractivity contribution < 1.29 is 14.3 Å². The molecule has 0 saturated carbocycles. The molecular formula is C26H31NO3. The molecule has 0 fully saturated rings. The number of ether oxygens (including phenoxy) is 2. The van der Waals surface area contributed by atoms with Crippen LogP contribution in [0.4, 0.5) is 0 Å². The van der Waals surface area contributed by atoms with Gasteiger partial charge in [-0.2, -0.15) is 0 Å². The van der Waals surface area contributed by atoms with Crippen molar-refractivity contribution >= 4 is 17.9 Å². The number of carbonyl (C=O) groups is 1. The molecule has 0 saturated heterocycles. The van der Waals surface area contributed by atoms with Crippen LogP contribution in [0.25, 0.3) is 6.08 Å². The molecule has 0 N–H and O–H groups in total. The van der Waals surface area contributed by atoms with Crippen molar-refractivity contribution in [2.24, 2.45) is 4.99 Å². The fourth-order valence-electron chi connectivity index (χ4n) is 3.36. The zero-order chi connectivity index (χ0) is 21.0. The van der Waals surface area contributed by atoms with E-state index >= 15 is 0 Å². The number of hydrogen-bond donors (Lipinski definition) is 0. The number of cyclic esters (lactones) is 1. The highest BCUT2D eigenvalue weighted by Crippen LogP contribution is 2.21. The second-order valence-corrected chi connectivity index (χ2v) is 7.59. The van der Waals surface area contributed by atoms with E-state index in [-0.39, 0.29) is 0 Å². The van der Waals surface area contributed by atoms with Crippen molar-refractivity contribution in [2.45, 2.75) is 58.3 Å². The van der Waals surface area contributed by atoms with Crippen LogP contribution in [0.1, 0.15) is 69.4 Å². The Hall–Kier alpha value is -2.88. The van der Waals surface area contributed by atoms with Gasteiger partial charge in [0.2, 0.25) is 5.90 Å². The van der Waals surface area contributed by atoms with Crippen LogP contribution in [0.5, 0.6) is 5.75 Å². The first kappa shape index (κ1) is 21.8. The van der Waals surface area contributed by atoms with Gasteiger partial charge < -0.3 is 9.47 Å². The van der Waals surface area contributed by atoms with Crippen molar-refractivity contribution in [3.63, 3.8) is 0 Å². The largest absolute Gasteiger partial charge is 0.494 e. The summed E-state index contributed by atoms with van der Waals surface area (Å²) in [6.07, 6.45) is 12.1. The van der Waals surface area contributed by atoms with Gasteiger partial charge in [0.15, 0.2) is 5.70 Å². The Bertz CT molecular complexity index is 854. The van der Waals surface area contributed by atoms with Gasteiger partial charge in [0.25, 0.3) is 0 Å². The molecule has 3 rings (SSSR count). The minimum atomic E-state index is -0.427. The SMILES string of the molecule is CCCCCCCCCCOc1ccc(/C=C2\N=C(c3ccccc3)OC2=O)cc1. The zero-order valence-corrected chi connectivity index (χ0v) is 17.8. The molecule has 1 heterocycles. The van der Waals surface area contributed by atoms with Crippen molar-refractivity contribution in [3.8, 4) is 5.75 Å². The summed E-state index contributed by atoms with van der Waals surface area (Å²) < 4.78 is 11.1. The maximum atomic E-state index is 12.1. The maximum Gasteiger partial charge on any atom is 0.363 e. The van der Waals surface area contributed by atoms with Crippen molar-refractivity contribution in [1.82, 2.24) is 0 Å². The zero-order valence-electron chi connectivity index (χ0n) is 17.8. The van der Waals surface area contributed by atoms with Crippen LogP contribution < -0.4 is 4.74 Å². The van der Waals surface area contributed by atoms with Gasteiger partial charge in [0.1, 0.15) is 5.75 Å². The third kappa shape index (κ3) is 6.87. The molecule has 4 heteroatoms. The number of nitrogens with zero attached hydrogens (tertiary/aromatic N) is 1. The predicted octanol–water partition coefficient (Wildman–Crippen LogP) is 6.55. The van der Waals surface area contributed by atoms with Crippen molar-refractivity contribution in [3.05, 3.63) is 71.4 Å². The van der Waals surface area contributed by atoms with E-state index in [9.17, 15) is 4.79 Å². The lowest BCUT2D eigenvalue weighted by atomic mass is 10.1. The molecule has 0 spiro atoms. The van der Waals surface area contributed by atoms with E-state index in [4.69, 9.17) is 9.47 Å². The minimum absolute atomic E-state index is 0.307. The molecule has 1 aliphatic rings. The second-order valence-electron chi connectivity index (χ2n) is 7.59. The van der Waals surface area contributed by atoms with Crippen LogP contribution in [0.3, 0.4) is 0 Å². The van der Waals surface area contributed by atoms with Crippen LogP contribution in [0.15, 0.2) is 65.3 Å². The lowest BCUT2D eigenvalue weighted by molar-refractivity contribution is -0.129. The quantitative estimate of drug-likeness (QED) is 0.228. The van der Waals surface area contributed by atoms with Gasteiger partial charge in [-0.3, -0.25) is 0 Å². The Morgan fingerprint density at radius 3 is 2.23 bits per heavy atom. The normalized spacial score (nSPS) is 14.6. The number of carbonyl (C=O) groups excluding carboxylic acids is 1. The highest BCUT2D eigenvalue weighted by Gasteiger charge is 2.23. The Balaban J connectivity index is 1.43. The third-order valence-corrected chi connectivity index (χ3v) is 5.09. The van der Waals surface area contributed by atoms with E-state index in [1.807, 2.05) is 54.6 Å². The van der Waals surface area contributed by atoms with E-state index in [1.54, 1.807) is 6.08 Å². The first-order chi connectivity index (χ1) is 14.8. The molecule has 2 aromatic carbocycles. The molecule has 4 nitrogen and oxygen atoms in total. The number of esters is 1. The second kappa shape index (κ2) is 12.0. The summed E-state index contributed by atoms with van der Waals surface area (Å²) in [6.45, 7) is 2.99. The van der Waals surface area contributed by atoms with E-state index in [1.165, 1.54) is 44.9 Å². The number of aliphatic imine (C=N–C) groups is 1. The first-order valence-electron chi connectivity index (χ1n) is 11.1. The summed E-state index contributed by atoms with van der Waals surface area (Å²) in [5, 5.41) is 0. The molecule has 0 unspecified atom stereocenters. The van der Waals surface area contributed by atoms with Crippen LogP contribution in [0.2, 0.25) is 0 Å². The number of rotatable bonds is 12. The van der Waals surface area contributed by atoms with Crippen LogP contribution >= 0.6 is 0 Å². The lowest BCUT2D eigenvalue weighted by Crippen LogP contribution is -2.04. The van der Waals surface area contributed by atoms with Crippen molar-refractivity contribution in [1.29, 1.82) is 0 Å². The molecule has 30 heavy (non-hydrogen) atoms. The molecule has 0 aliphatic carbocycles. The molecule has 2 aromatic rings. The van der Waals surface area contributed by atoms with Gasteiger partial charge in [0.05, 0.1) is 6.61 Å². The van der Waals surface area contributed by atoms with E-state index in [0.29, 0.717) is 11.6 Å². The average Bonchev–Trinajstić information content (AvgIpc) is 3.14. The third-order valence-electron chi connectivity index (χ3n) is 5.09. The molecule has 1 aliphatic heterocycles. The maximum absolute atomic E-state index is 12.1. The molecule has 0 amide bonds. The predicted molar refractivity (Wildman–Crippen MR) is 122 cm³/mol. The fraction of sp³-hybridized carbons (Fsp3) is 0.385. The summed E-state index contributed by atoms with van der Waals surface area (Å²) in [4.78, 5) is 16.4. The summed E-state index contributed by atoms with van der Waals surface area (Å²) in [6, 6.07) is 17.1. The smallest absolute Gasteiger partial charge is 0.363 e. The average molecular weight is 406 g/mol. The van der Waals surface area contributed by atoms with E-state index in [2.05, 4.69) is 11.9 Å². The summed E-state index contributed by atoms with van der Waals surface area (Å²) in [5.74, 6) is 0.767. The van der Waals surface area contributed by atoms with Gasteiger partial charge >= 0.3 is 5.97 Å². The van der Waals surface area contributed by atoms with E-state index in [0.717, 1.165) is 29.9 Å². The Morgan fingerprint density at radius 1 is 0.867 bits per heavy atom. The molecular weight excluding hydrogens is 374 g/mol. The Kier molecular flexibility index (Phi) is 8.70. The summed E-state index contributed by atoms with van der Waals surface area (Å²) in [7, 11) is 0. The monoisotopic (exact) mass is 405 g/mol. The van der Waals surface area contributed by atoms with Crippen LogP contribution in [-0.2, 0) is 9.53 Å². The lowest BCUT2D eigenvalue weighted by Gasteiger charge is -2.06. The van der Waals surface area contributed by atoms with Crippen LogP contribution in [-0.4, -0.2) is 18.5 Å². The Morgan fingerprint density at radius 2 is 1.53 bits per heavy atom. The molecule has 0 radical (unpaired) electrons. The topological polar surface area (TPSA) is 47.9 Å². The van der Waals surface area contributed by atoms with E-state index < -0.39 is 5.97 Å². The standard InChI is InChI=1S/C26H31NO3/c1-2-3-4-5-6-7-8-12-19-29-23-17-15-21(16-18-23)20-24-26(28)30-25(27-24)22-13-10-9-11-14-22/h9-11,13-18,20H,2-8,12,19H2,1H3/b24-20-. The van der Waals surface area contributed by atoms with Gasteiger partial charge in [-0.25, -0.2) is 9.79 Å². The molecule has 158 valence electrons. The fourth-order valence-corrected chi connectivity index (χ4v) is 3.36. The Labute approximate surface area is 179 Å². The van der Waals surface area contributed by atoms with Crippen LogP contribution in [0, 0.1) is 0 Å². The van der Waals surface area contributed by atoms with Gasteiger partial charge in [-0.15, -0.1) is 0 Å². The number of unbranched alkanes of at least 4 members (excludes halogenated alkanes) is 7. The molecule has 0 aromatic heterocycles. The van der Waals surface area contributed by atoms with Crippen molar-refractivity contribution in [2.75, 3.05) is 6.61 Å². The highest BCUT2D eigenvalue weighted by molar-refractivity contribution is 6.12. The summed E-state index contributed by atoms with van der Waals surface area (Å²) in [5.41, 5.74) is 1.99. The first-order valence-corrected chi connectivity index (χ1v) is 11.1. The highest BCUT2D eigenvalue weighted by atomic mass is 16.6. The van der Waals surface area contributed by atoms with Gasteiger partial charge in [-0.1, -0.05) is 82.2 Å². The number of benzene rings is 2. The van der Waals surface area contributed by atoms with Gasteiger partial charge in [0, 0.05) is 5.56 Å². The molecule has 0 atom stereocenters. The summed E-state index contributed by atoms with van der Waals surface area (Å²) >= 11 is 0. The van der Waals surface area contributed by atoms with Gasteiger partial charge in [-0.05, 0) is 42.3 Å². The molecule has 0 bridgehead atoms. The number of hydrogen-bond acceptors (Lipinski definition) is 4. The minimum Gasteiger partial charge on any atom is -0.494 e.